The van der Waals surface area contributed by atoms with Crippen molar-refractivity contribution in [1.29, 1.82) is 0 Å². The van der Waals surface area contributed by atoms with E-state index in [1.54, 1.807) is 31.0 Å². The van der Waals surface area contributed by atoms with Gasteiger partial charge in [-0.25, -0.2) is 4.39 Å². The number of carbonyl (C=O) groups excluding carboxylic acids is 3. The quantitative estimate of drug-likeness (QED) is 0.719. The van der Waals surface area contributed by atoms with Crippen LogP contribution < -0.4 is 10.2 Å². The van der Waals surface area contributed by atoms with E-state index in [1.165, 1.54) is 27.8 Å². The average molecular weight is 483 g/mol. The molecule has 3 aliphatic rings. The molecule has 0 radical (unpaired) electrons. The second kappa shape index (κ2) is 8.98. The molecule has 0 unspecified atom stereocenters. The Morgan fingerprint density at radius 1 is 1.09 bits per heavy atom. The summed E-state index contributed by atoms with van der Waals surface area (Å²) in [4.78, 5) is 44.8. The van der Waals surface area contributed by atoms with E-state index in [0.29, 0.717) is 31.9 Å². The van der Waals surface area contributed by atoms with Crippen molar-refractivity contribution in [1.82, 2.24) is 24.9 Å². The number of hydrogen-bond acceptors (Lipinski definition) is 5. The minimum Gasteiger partial charge on any atom is -0.368 e. The van der Waals surface area contributed by atoms with E-state index in [2.05, 4.69) is 15.3 Å². The molecule has 2 fully saturated rings. The van der Waals surface area contributed by atoms with Gasteiger partial charge < -0.3 is 20.0 Å². The fourth-order valence-corrected chi connectivity index (χ4v) is 5.22. The topological polar surface area (TPSA) is 90.8 Å². The summed E-state index contributed by atoms with van der Waals surface area (Å²) in [5, 5.41) is 7.55. The Hall–Kier alpha value is -3.43. The molecule has 1 N–H and O–H groups in total. The third-order valence-corrected chi connectivity index (χ3v) is 7.66. The highest BCUT2D eigenvalue weighted by atomic mass is 19.1. The van der Waals surface area contributed by atoms with Gasteiger partial charge in [0.25, 0.3) is 11.8 Å². The van der Waals surface area contributed by atoms with Gasteiger partial charge in [-0.05, 0) is 44.0 Å². The fraction of sp³-hybridized carbons (Fsp3) is 0.520. The molecule has 2 aromatic rings. The molecule has 3 amide bonds. The first-order valence-corrected chi connectivity index (χ1v) is 12.2. The molecule has 1 aromatic carbocycles. The minimum absolute atomic E-state index is 0.146. The van der Waals surface area contributed by atoms with Crippen LogP contribution in [0, 0.1) is 5.82 Å². The zero-order chi connectivity index (χ0) is 24.7. The van der Waals surface area contributed by atoms with Gasteiger partial charge in [0.15, 0.2) is 5.69 Å². The Morgan fingerprint density at radius 2 is 1.74 bits per heavy atom. The maximum Gasteiger partial charge on any atom is 0.274 e. The number of aromatic nitrogens is 2. The van der Waals surface area contributed by atoms with Gasteiger partial charge in [-0.1, -0.05) is 12.8 Å². The summed E-state index contributed by atoms with van der Waals surface area (Å²) >= 11 is 0. The number of hydrogen-bond donors (Lipinski definition) is 1. The predicted molar refractivity (Wildman–Crippen MR) is 128 cm³/mol. The van der Waals surface area contributed by atoms with E-state index in [0.717, 1.165) is 31.4 Å². The highest BCUT2D eigenvalue weighted by molar-refractivity contribution is 6.01. The predicted octanol–water partition coefficient (Wildman–Crippen LogP) is 1.89. The van der Waals surface area contributed by atoms with E-state index in [-0.39, 0.29) is 41.8 Å². The van der Waals surface area contributed by atoms with Crippen LogP contribution in [0.5, 0.6) is 0 Å². The lowest BCUT2D eigenvalue weighted by Gasteiger charge is -2.41. The third kappa shape index (κ3) is 4.26. The molecule has 10 heteroatoms. The number of nitrogens with one attached hydrogen (secondary N) is 1. The van der Waals surface area contributed by atoms with Crippen molar-refractivity contribution in [3.63, 3.8) is 0 Å². The van der Waals surface area contributed by atoms with Crippen LogP contribution in [0.4, 0.5) is 10.1 Å². The van der Waals surface area contributed by atoms with E-state index in [9.17, 15) is 18.8 Å². The molecule has 1 atom stereocenters. The van der Waals surface area contributed by atoms with Gasteiger partial charge in [0, 0.05) is 51.0 Å². The minimum atomic E-state index is -1.08. The molecule has 1 saturated carbocycles. The van der Waals surface area contributed by atoms with Crippen LogP contribution in [-0.2, 0) is 11.3 Å². The number of halogens is 1. The van der Waals surface area contributed by atoms with Crippen molar-refractivity contribution in [3.05, 3.63) is 47.5 Å². The first kappa shape index (κ1) is 23.3. The summed E-state index contributed by atoms with van der Waals surface area (Å²) in [5.41, 5.74) is 0.351. The SMILES string of the molecule is CN1C(=O)c2cc(C(=O)N3CCN(c4ccc(F)cc4)CC3)nn2C[C@]1(C)C(=O)NC1CCCC1. The summed E-state index contributed by atoms with van der Waals surface area (Å²) in [5.74, 6) is -1.03. The molecule has 1 aliphatic carbocycles. The summed E-state index contributed by atoms with van der Waals surface area (Å²) in [6.07, 6.45) is 4.12. The molecule has 9 nitrogen and oxygen atoms in total. The molecular formula is C25H31FN6O3. The van der Waals surface area contributed by atoms with Gasteiger partial charge in [0.05, 0.1) is 6.54 Å². The van der Waals surface area contributed by atoms with Crippen molar-refractivity contribution in [2.24, 2.45) is 0 Å². The lowest BCUT2D eigenvalue weighted by atomic mass is 9.95. The number of nitrogens with zero attached hydrogens (tertiary/aromatic N) is 5. The summed E-state index contributed by atoms with van der Waals surface area (Å²) in [6.45, 7) is 4.16. The first-order valence-electron chi connectivity index (χ1n) is 12.2. The zero-order valence-corrected chi connectivity index (χ0v) is 20.2. The standard InChI is InChI=1S/C25H31FN6O3/c1-25(24(35)27-18-5-3-4-6-18)16-32-21(23(34)29(25)2)15-20(28-32)22(33)31-13-11-30(12-14-31)19-9-7-17(26)8-10-19/h7-10,15,18H,3-6,11-14,16H2,1-2H3,(H,27,35)/t25-/m1/s1. The van der Waals surface area contributed by atoms with Gasteiger partial charge in [0.1, 0.15) is 17.1 Å². The van der Waals surface area contributed by atoms with Crippen LogP contribution in [0.3, 0.4) is 0 Å². The third-order valence-electron chi connectivity index (χ3n) is 7.66. The monoisotopic (exact) mass is 482 g/mol. The van der Waals surface area contributed by atoms with Crippen LogP contribution in [-0.4, -0.2) is 82.1 Å². The van der Waals surface area contributed by atoms with Crippen LogP contribution >= 0.6 is 0 Å². The molecule has 0 bridgehead atoms. The molecule has 1 saturated heterocycles. The highest BCUT2D eigenvalue weighted by Gasteiger charge is 2.47. The van der Waals surface area contributed by atoms with Gasteiger partial charge >= 0.3 is 0 Å². The lowest BCUT2D eigenvalue weighted by Crippen LogP contribution is -2.63. The molecule has 0 spiro atoms. The number of piperazine rings is 1. The Balaban J connectivity index is 1.28. The second-order valence-electron chi connectivity index (χ2n) is 9.92. The normalized spacial score (nSPS) is 22.9. The Labute approximate surface area is 203 Å². The summed E-state index contributed by atoms with van der Waals surface area (Å²) < 4.78 is 14.7. The van der Waals surface area contributed by atoms with E-state index >= 15 is 0 Å². The molecule has 1 aromatic heterocycles. The average Bonchev–Trinajstić information content (AvgIpc) is 3.53. The maximum atomic E-state index is 13.2. The number of amides is 3. The van der Waals surface area contributed by atoms with Crippen LogP contribution in [0.15, 0.2) is 30.3 Å². The number of rotatable bonds is 4. The van der Waals surface area contributed by atoms with Crippen LogP contribution in [0.25, 0.3) is 0 Å². The molecule has 3 heterocycles. The van der Waals surface area contributed by atoms with Crippen molar-refractivity contribution in [2.45, 2.75) is 50.7 Å². The molecule has 5 rings (SSSR count). The fourth-order valence-electron chi connectivity index (χ4n) is 5.22. The summed E-state index contributed by atoms with van der Waals surface area (Å²) in [6, 6.07) is 8.00. The zero-order valence-electron chi connectivity index (χ0n) is 20.2. The molecule has 186 valence electrons. The number of carbonyl (C=O) groups is 3. The van der Waals surface area contributed by atoms with E-state index in [4.69, 9.17) is 0 Å². The number of anilines is 1. The largest absolute Gasteiger partial charge is 0.368 e. The number of fused-ring (bicyclic) bond motifs is 1. The molecule has 35 heavy (non-hydrogen) atoms. The van der Waals surface area contributed by atoms with Crippen molar-refractivity contribution in [2.75, 3.05) is 38.1 Å². The van der Waals surface area contributed by atoms with Gasteiger partial charge in [-0.15, -0.1) is 0 Å². The van der Waals surface area contributed by atoms with Crippen LogP contribution in [0.1, 0.15) is 53.6 Å². The second-order valence-corrected chi connectivity index (χ2v) is 9.92. The highest BCUT2D eigenvalue weighted by Crippen LogP contribution is 2.28. The van der Waals surface area contributed by atoms with E-state index in [1.807, 2.05) is 0 Å². The van der Waals surface area contributed by atoms with Crippen molar-refractivity contribution in [3.8, 4) is 0 Å². The van der Waals surface area contributed by atoms with E-state index < -0.39 is 5.54 Å². The number of benzene rings is 1. The van der Waals surface area contributed by atoms with Crippen LogP contribution in [0.2, 0.25) is 0 Å². The molecular weight excluding hydrogens is 451 g/mol. The Morgan fingerprint density at radius 3 is 2.40 bits per heavy atom. The summed E-state index contributed by atoms with van der Waals surface area (Å²) in [7, 11) is 1.63. The van der Waals surface area contributed by atoms with Crippen molar-refractivity contribution >= 4 is 23.4 Å². The smallest absolute Gasteiger partial charge is 0.274 e. The maximum absolute atomic E-state index is 13.2. The Bertz CT molecular complexity index is 1130. The van der Waals surface area contributed by atoms with Gasteiger partial charge in [-0.3, -0.25) is 19.1 Å². The van der Waals surface area contributed by atoms with Gasteiger partial charge in [-0.2, -0.15) is 5.10 Å². The molecule has 2 aliphatic heterocycles. The van der Waals surface area contributed by atoms with Gasteiger partial charge in [0.2, 0.25) is 5.91 Å². The first-order chi connectivity index (χ1) is 16.8. The van der Waals surface area contributed by atoms with Crippen molar-refractivity contribution < 1.29 is 18.8 Å². The number of likely N-dealkylation sites (N-methyl/N-ethyl adjacent to an activating group) is 1. The Kier molecular flexibility index (Phi) is 5.98. The lowest BCUT2D eigenvalue weighted by molar-refractivity contribution is -0.133.